The van der Waals surface area contributed by atoms with Gasteiger partial charge in [-0.3, -0.25) is 14.5 Å². The Balaban J connectivity index is 1.39. The van der Waals surface area contributed by atoms with Gasteiger partial charge in [0.15, 0.2) is 11.4 Å². The predicted molar refractivity (Wildman–Crippen MR) is 118 cm³/mol. The average Bonchev–Trinajstić information content (AvgIpc) is 3.18. The first-order valence-electron chi connectivity index (χ1n) is 11.1. The van der Waals surface area contributed by atoms with Crippen LogP contribution in [0.4, 0.5) is 19.0 Å². The smallest absolute Gasteiger partial charge is 0.367 e. The molecule has 3 fully saturated rings. The lowest BCUT2D eigenvalue weighted by atomic mass is 9.64. The van der Waals surface area contributed by atoms with Crippen molar-refractivity contribution in [3.05, 3.63) is 54.4 Å². The number of piperidine rings is 2. The van der Waals surface area contributed by atoms with Crippen LogP contribution >= 0.6 is 0 Å². The number of nitrogens with one attached hydrogen (secondary N) is 1. The van der Waals surface area contributed by atoms with E-state index >= 15 is 0 Å². The number of hydrogen-bond acceptors (Lipinski definition) is 6. The van der Waals surface area contributed by atoms with Crippen molar-refractivity contribution in [2.45, 2.75) is 38.0 Å². The number of rotatable bonds is 5. The Kier molecular flexibility index (Phi) is 5.49. The number of carbonyl (C=O) groups excluding carboxylic acids is 1. The van der Waals surface area contributed by atoms with E-state index < -0.39 is 11.9 Å². The molecule has 1 saturated carbocycles. The number of fused-ring (bicyclic) bond motifs is 2. The van der Waals surface area contributed by atoms with Gasteiger partial charge in [-0.1, -0.05) is 13.0 Å². The van der Waals surface area contributed by atoms with Gasteiger partial charge < -0.3 is 10.2 Å². The van der Waals surface area contributed by atoms with Crippen molar-refractivity contribution in [3.63, 3.8) is 0 Å². The van der Waals surface area contributed by atoms with Crippen LogP contribution in [0.5, 0.6) is 0 Å². The number of carbonyl (C=O) groups is 1. The van der Waals surface area contributed by atoms with Crippen LogP contribution in [0.1, 0.15) is 35.9 Å². The third-order valence-electron chi connectivity index (χ3n) is 6.89. The number of hydrogen-bond donors (Lipinski definition) is 1. The van der Waals surface area contributed by atoms with Gasteiger partial charge >= 0.3 is 6.18 Å². The first-order valence-corrected chi connectivity index (χ1v) is 11.1. The fourth-order valence-corrected chi connectivity index (χ4v) is 4.98. The van der Waals surface area contributed by atoms with Gasteiger partial charge in [-0.15, -0.1) is 0 Å². The number of alkyl halides is 3. The minimum Gasteiger partial charge on any atom is -0.367 e. The SMILES string of the molecule is CC1C2CC(C2)N(C(=O)c2nn(C)cc2-c2ccccn2)C1CNc1cnc(C(F)(F)F)cn1. The molecule has 2 atom stereocenters. The van der Waals surface area contributed by atoms with Crippen molar-refractivity contribution < 1.29 is 18.0 Å². The first kappa shape index (κ1) is 22.3. The van der Waals surface area contributed by atoms with Gasteiger partial charge in [-0.05, 0) is 36.8 Å². The van der Waals surface area contributed by atoms with Gasteiger partial charge in [0.25, 0.3) is 5.91 Å². The number of halogens is 3. The maximum absolute atomic E-state index is 13.8. The number of aromatic nitrogens is 5. The molecule has 0 radical (unpaired) electrons. The van der Waals surface area contributed by atoms with Crippen molar-refractivity contribution in [2.24, 2.45) is 18.9 Å². The summed E-state index contributed by atoms with van der Waals surface area (Å²) in [5, 5.41) is 7.54. The largest absolute Gasteiger partial charge is 0.434 e. The van der Waals surface area contributed by atoms with Crippen molar-refractivity contribution in [1.29, 1.82) is 0 Å². The van der Waals surface area contributed by atoms with Gasteiger partial charge in [-0.25, -0.2) is 9.97 Å². The molecule has 5 heterocycles. The molecule has 3 aromatic rings. The summed E-state index contributed by atoms with van der Waals surface area (Å²) in [6.45, 7) is 2.47. The maximum atomic E-state index is 13.8. The molecule has 34 heavy (non-hydrogen) atoms. The molecule has 2 saturated heterocycles. The summed E-state index contributed by atoms with van der Waals surface area (Å²) < 4.78 is 39.9. The summed E-state index contributed by atoms with van der Waals surface area (Å²) in [7, 11) is 1.77. The number of amides is 1. The monoisotopic (exact) mass is 471 g/mol. The Bertz CT molecular complexity index is 1170. The lowest BCUT2D eigenvalue weighted by molar-refractivity contribution is -0.141. The molecule has 2 bridgehead atoms. The van der Waals surface area contributed by atoms with E-state index in [-0.39, 0.29) is 29.7 Å². The van der Waals surface area contributed by atoms with Crippen LogP contribution in [-0.4, -0.2) is 54.2 Å². The van der Waals surface area contributed by atoms with E-state index in [1.807, 2.05) is 23.1 Å². The average molecular weight is 471 g/mol. The van der Waals surface area contributed by atoms with Gasteiger partial charge in [0.05, 0.1) is 29.7 Å². The lowest BCUT2D eigenvalue weighted by Gasteiger charge is -2.57. The highest BCUT2D eigenvalue weighted by molar-refractivity contribution is 5.99. The zero-order valence-electron chi connectivity index (χ0n) is 18.7. The fraction of sp³-hybridized carbons (Fsp3) is 0.435. The first-order chi connectivity index (χ1) is 16.2. The third kappa shape index (κ3) is 3.99. The molecule has 2 unspecified atom stereocenters. The highest BCUT2D eigenvalue weighted by Gasteiger charge is 2.51. The summed E-state index contributed by atoms with van der Waals surface area (Å²) >= 11 is 0. The minimum absolute atomic E-state index is 0.109. The summed E-state index contributed by atoms with van der Waals surface area (Å²) in [6.07, 6.45) is 2.58. The van der Waals surface area contributed by atoms with Gasteiger partial charge in [0.2, 0.25) is 0 Å². The van der Waals surface area contributed by atoms with Crippen LogP contribution in [0.2, 0.25) is 0 Å². The number of nitrogens with zero attached hydrogens (tertiary/aromatic N) is 6. The van der Waals surface area contributed by atoms with Gasteiger partial charge in [0, 0.05) is 32.0 Å². The van der Waals surface area contributed by atoms with E-state index in [2.05, 4.69) is 32.3 Å². The lowest BCUT2D eigenvalue weighted by Crippen LogP contribution is -2.64. The van der Waals surface area contributed by atoms with Gasteiger partial charge in [-0.2, -0.15) is 18.3 Å². The molecule has 3 aromatic heterocycles. The second-order valence-electron chi connectivity index (χ2n) is 8.97. The number of anilines is 1. The van der Waals surface area contributed by atoms with Crippen LogP contribution in [-0.2, 0) is 13.2 Å². The highest BCUT2D eigenvalue weighted by atomic mass is 19.4. The molecule has 6 rings (SSSR count). The molecule has 1 N–H and O–H groups in total. The second kappa shape index (κ2) is 8.37. The molecule has 0 aromatic carbocycles. The summed E-state index contributed by atoms with van der Waals surface area (Å²) in [4.78, 5) is 27.4. The Morgan fingerprint density at radius 2 is 1.97 bits per heavy atom. The Morgan fingerprint density at radius 1 is 1.18 bits per heavy atom. The topological polar surface area (TPSA) is 88.8 Å². The van der Waals surface area contributed by atoms with Crippen molar-refractivity contribution >= 4 is 11.7 Å². The van der Waals surface area contributed by atoms with E-state index in [0.29, 0.717) is 35.6 Å². The second-order valence-corrected chi connectivity index (χ2v) is 8.97. The molecular formula is C23H24F3N7O. The van der Waals surface area contributed by atoms with Crippen molar-refractivity contribution in [1.82, 2.24) is 29.6 Å². The van der Waals surface area contributed by atoms with Crippen LogP contribution in [0.15, 0.2) is 43.0 Å². The highest BCUT2D eigenvalue weighted by Crippen LogP contribution is 2.47. The standard InChI is InChI=1S/C23H24F3N7O/c1-13-14-7-15(8-14)33(18(13)9-29-20-11-28-19(10-30-20)23(24,25)26)22(34)21-16(12-32(2)31-21)17-5-3-4-6-27-17/h3-6,10-15,18H,7-9H2,1-2H3,(H,29,30). The maximum Gasteiger partial charge on any atom is 0.434 e. The quantitative estimate of drug-likeness (QED) is 0.611. The fourth-order valence-electron chi connectivity index (χ4n) is 4.98. The predicted octanol–water partition coefficient (Wildman–Crippen LogP) is 3.64. The van der Waals surface area contributed by atoms with E-state index in [9.17, 15) is 18.0 Å². The molecule has 1 aliphatic carbocycles. The molecule has 11 heteroatoms. The van der Waals surface area contributed by atoms with E-state index in [1.54, 1.807) is 24.1 Å². The Morgan fingerprint density at radius 3 is 2.62 bits per heavy atom. The van der Waals surface area contributed by atoms with Crippen LogP contribution in [0.25, 0.3) is 11.3 Å². The zero-order chi connectivity index (χ0) is 24.0. The zero-order valence-corrected chi connectivity index (χ0v) is 18.7. The minimum atomic E-state index is -4.54. The Hall–Kier alpha value is -3.50. The number of aryl methyl sites for hydroxylation is 1. The third-order valence-corrected chi connectivity index (χ3v) is 6.89. The van der Waals surface area contributed by atoms with Crippen LogP contribution < -0.4 is 5.32 Å². The number of pyridine rings is 1. The van der Waals surface area contributed by atoms with E-state index in [1.165, 1.54) is 0 Å². The normalized spacial score (nSPS) is 24.0. The summed E-state index contributed by atoms with van der Waals surface area (Å²) in [6, 6.07) is 5.47. The summed E-state index contributed by atoms with van der Waals surface area (Å²) in [5.41, 5.74) is 0.644. The van der Waals surface area contributed by atoms with Gasteiger partial charge in [0.1, 0.15) is 5.82 Å². The molecule has 8 nitrogen and oxygen atoms in total. The van der Waals surface area contributed by atoms with E-state index in [0.717, 1.165) is 19.0 Å². The van der Waals surface area contributed by atoms with E-state index in [4.69, 9.17) is 0 Å². The Labute approximate surface area is 194 Å². The molecule has 178 valence electrons. The molecular weight excluding hydrogens is 447 g/mol. The molecule has 2 aliphatic heterocycles. The van der Waals surface area contributed by atoms with Crippen molar-refractivity contribution in [2.75, 3.05) is 11.9 Å². The summed E-state index contributed by atoms with van der Waals surface area (Å²) in [5.74, 6) is 0.796. The van der Waals surface area contributed by atoms with Crippen LogP contribution in [0, 0.1) is 11.8 Å². The van der Waals surface area contributed by atoms with Crippen molar-refractivity contribution in [3.8, 4) is 11.3 Å². The molecule has 3 aliphatic rings. The molecule has 0 spiro atoms. The molecule has 1 amide bonds. The van der Waals surface area contributed by atoms with Crippen LogP contribution in [0.3, 0.4) is 0 Å².